The van der Waals surface area contributed by atoms with Crippen LogP contribution < -0.4 is 5.32 Å². The van der Waals surface area contributed by atoms with Crippen molar-refractivity contribution in [2.75, 3.05) is 18.1 Å². The van der Waals surface area contributed by atoms with Crippen molar-refractivity contribution < 1.29 is 4.74 Å². The Hall–Kier alpha value is 0.270. The normalized spacial score (nSPS) is 35.7. The van der Waals surface area contributed by atoms with E-state index in [1.165, 1.54) is 30.8 Å². The fourth-order valence-corrected chi connectivity index (χ4v) is 4.46. The maximum Gasteiger partial charge on any atom is 0.0684 e. The third-order valence-corrected chi connectivity index (χ3v) is 5.63. The van der Waals surface area contributed by atoms with Gasteiger partial charge >= 0.3 is 0 Å². The van der Waals surface area contributed by atoms with Crippen molar-refractivity contribution in [3.8, 4) is 0 Å². The molecule has 0 amide bonds. The van der Waals surface area contributed by atoms with Crippen LogP contribution >= 0.6 is 11.8 Å². The van der Waals surface area contributed by atoms with Crippen LogP contribution in [0.2, 0.25) is 0 Å². The lowest BCUT2D eigenvalue weighted by Crippen LogP contribution is -2.70. The van der Waals surface area contributed by atoms with E-state index in [2.05, 4.69) is 33.0 Å². The Labute approximate surface area is 117 Å². The number of ether oxygens (including phenoxy) is 1. The van der Waals surface area contributed by atoms with Crippen LogP contribution in [0.1, 0.15) is 47.0 Å². The third kappa shape index (κ3) is 2.88. The van der Waals surface area contributed by atoms with Gasteiger partial charge in [0.25, 0.3) is 0 Å². The molecule has 2 rings (SSSR count). The molecule has 106 valence electrons. The summed E-state index contributed by atoms with van der Waals surface area (Å²) in [5, 5.41) is 3.87. The fourth-order valence-electron chi connectivity index (χ4n) is 3.66. The molecule has 1 aliphatic carbocycles. The van der Waals surface area contributed by atoms with Crippen LogP contribution in [0.3, 0.4) is 0 Å². The van der Waals surface area contributed by atoms with Gasteiger partial charge < -0.3 is 10.1 Å². The molecule has 18 heavy (non-hydrogen) atoms. The summed E-state index contributed by atoms with van der Waals surface area (Å²) in [7, 11) is 0. The van der Waals surface area contributed by atoms with Crippen molar-refractivity contribution in [2.45, 2.75) is 65.1 Å². The van der Waals surface area contributed by atoms with E-state index < -0.39 is 0 Å². The first-order valence-electron chi connectivity index (χ1n) is 7.52. The first kappa shape index (κ1) is 14.7. The van der Waals surface area contributed by atoms with Gasteiger partial charge in [-0.1, -0.05) is 20.8 Å². The molecule has 1 N–H and O–H groups in total. The van der Waals surface area contributed by atoms with Gasteiger partial charge in [-0.15, -0.1) is 0 Å². The SMILES string of the molecule is CCSCCC(C)NC1C2CCCOC2C1(C)C. The predicted molar refractivity (Wildman–Crippen MR) is 80.2 cm³/mol. The van der Waals surface area contributed by atoms with Gasteiger partial charge in [0.05, 0.1) is 6.10 Å². The van der Waals surface area contributed by atoms with Crippen molar-refractivity contribution in [1.29, 1.82) is 0 Å². The zero-order chi connectivity index (χ0) is 13.2. The van der Waals surface area contributed by atoms with Crippen molar-refractivity contribution in [1.82, 2.24) is 5.32 Å². The largest absolute Gasteiger partial charge is 0.377 e. The fraction of sp³-hybridized carbons (Fsp3) is 1.00. The van der Waals surface area contributed by atoms with Gasteiger partial charge in [0.2, 0.25) is 0 Å². The Kier molecular flexibility index (Phi) is 5.01. The third-order valence-electron chi connectivity index (χ3n) is 4.69. The molecule has 0 aromatic heterocycles. The Bertz CT molecular complexity index is 269. The molecule has 0 radical (unpaired) electrons. The Morgan fingerprint density at radius 3 is 2.94 bits per heavy atom. The standard InChI is InChI=1S/C15H29NOS/c1-5-18-10-8-11(2)16-13-12-7-6-9-17-14(12)15(13,3)4/h11-14,16H,5-10H2,1-4H3. The van der Waals surface area contributed by atoms with Crippen molar-refractivity contribution in [3.05, 3.63) is 0 Å². The van der Waals surface area contributed by atoms with Gasteiger partial charge in [0.1, 0.15) is 0 Å². The van der Waals surface area contributed by atoms with Gasteiger partial charge in [-0.3, -0.25) is 0 Å². The molecule has 3 heteroatoms. The lowest BCUT2D eigenvalue weighted by Gasteiger charge is -2.60. The highest BCUT2D eigenvalue weighted by Gasteiger charge is 2.57. The van der Waals surface area contributed by atoms with Gasteiger partial charge in [-0.25, -0.2) is 0 Å². The van der Waals surface area contributed by atoms with E-state index in [1.807, 2.05) is 11.8 Å². The van der Waals surface area contributed by atoms with E-state index >= 15 is 0 Å². The molecule has 1 saturated heterocycles. The monoisotopic (exact) mass is 271 g/mol. The number of fused-ring (bicyclic) bond motifs is 1. The number of nitrogens with one attached hydrogen (secondary N) is 1. The molecule has 4 atom stereocenters. The molecule has 2 nitrogen and oxygen atoms in total. The lowest BCUT2D eigenvalue weighted by molar-refractivity contribution is -0.194. The smallest absolute Gasteiger partial charge is 0.0684 e. The molecular formula is C15H29NOS. The van der Waals surface area contributed by atoms with Crippen LogP contribution in [0.5, 0.6) is 0 Å². The summed E-state index contributed by atoms with van der Waals surface area (Å²) in [6.45, 7) is 10.3. The van der Waals surface area contributed by atoms with Crippen LogP contribution in [0.4, 0.5) is 0 Å². The summed E-state index contributed by atoms with van der Waals surface area (Å²) >= 11 is 2.05. The summed E-state index contributed by atoms with van der Waals surface area (Å²) in [5.74, 6) is 3.28. The molecule has 1 heterocycles. The van der Waals surface area contributed by atoms with E-state index in [1.54, 1.807) is 0 Å². The zero-order valence-corrected chi connectivity index (χ0v) is 13.2. The Balaban J connectivity index is 1.81. The molecule has 1 saturated carbocycles. The molecule has 0 aromatic carbocycles. The lowest BCUT2D eigenvalue weighted by atomic mass is 9.55. The summed E-state index contributed by atoms with van der Waals surface area (Å²) in [6.07, 6.45) is 4.38. The highest BCUT2D eigenvalue weighted by Crippen LogP contribution is 2.51. The average molecular weight is 271 g/mol. The predicted octanol–water partition coefficient (Wildman–Crippen LogP) is 3.31. The van der Waals surface area contributed by atoms with Gasteiger partial charge in [0.15, 0.2) is 0 Å². The second kappa shape index (κ2) is 6.15. The summed E-state index contributed by atoms with van der Waals surface area (Å²) in [4.78, 5) is 0. The second-order valence-electron chi connectivity index (χ2n) is 6.45. The molecule has 0 bridgehead atoms. The van der Waals surface area contributed by atoms with Crippen LogP contribution in [-0.4, -0.2) is 36.3 Å². The average Bonchev–Trinajstić information content (AvgIpc) is 2.36. The molecule has 2 fully saturated rings. The number of hydrogen-bond donors (Lipinski definition) is 1. The van der Waals surface area contributed by atoms with Crippen LogP contribution in [0, 0.1) is 11.3 Å². The van der Waals surface area contributed by atoms with E-state index in [9.17, 15) is 0 Å². The molecular weight excluding hydrogens is 242 g/mol. The minimum Gasteiger partial charge on any atom is -0.377 e. The van der Waals surface area contributed by atoms with Crippen molar-refractivity contribution in [2.24, 2.45) is 11.3 Å². The highest BCUT2D eigenvalue weighted by molar-refractivity contribution is 7.99. The topological polar surface area (TPSA) is 21.3 Å². The summed E-state index contributed by atoms with van der Waals surface area (Å²) in [6, 6.07) is 1.29. The first-order valence-corrected chi connectivity index (χ1v) is 8.68. The number of thioether (sulfide) groups is 1. The quantitative estimate of drug-likeness (QED) is 0.749. The summed E-state index contributed by atoms with van der Waals surface area (Å²) < 4.78 is 5.96. The minimum atomic E-state index is 0.317. The first-order chi connectivity index (χ1) is 8.57. The van der Waals surface area contributed by atoms with Crippen molar-refractivity contribution in [3.63, 3.8) is 0 Å². The number of rotatable bonds is 6. The molecule has 0 spiro atoms. The summed E-state index contributed by atoms with van der Waals surface area (Å²) in [5.41, 5.74) is 0.317. The van der Waals surface area contributed by atoms with Crippen molar-refractivity contribution >= 4 is 11.8 Å². The van der Waals surface area contributed by atoms with Gasteiger partial charge in [0, 0.05) is 30.0 Å². The number of hydrogen-bond acceptors (Lipinski definition) is 3. The maximum absolute atomic E-state index is 5.96. The molecule has 2 aliphatic rings. The van der Waals surface area contributed by atoms with Crippen LogP contribution in [0.25, 0.3) is 0 Å². The molecule has 4 unspecified atom stereocenters. The Morgan fingerprint density at radius 2 is 2.22 bits per heavy atom. The molecule has 0 aromatic rings. The second-order valence-corrected chi connectivity index (χ2v) is 7.84. The van der Waals surface area contributed by atoms with E-state index in [4.69, 9.17) is 4.74 Å². The van der Waals surface area contributed by atoms with Crippen LogP contribution in [-0.2, 0) is 4.74 Å². The van der Waals surface area contributed by atoms with E-state index in [0.717, 1.165) is 12.5 Å². The highest BCUT2D eigenvalue weighted by atomic mass is 32.2. The van der Waals surface area contributed by atoms with Gasteiger partial charge in [-0.2, -0.15) is 11.8 Å². The molecule has 1 aliphatic heterocycles. The maximum atomic E-state index is 5.96. The minimum absolute atomic E-state index is 0.317. The van der Waals surface area contributed by atoms with E-state index in [-0.39, 0.29) is 0 Å². The Morgan fingerprint density at radius 1 is 1.44 bits per heavy atom. The zero-order valence-electron chi connectivity index (χ0n) is 12.4. The van der Waals surface area contributed by atoms with E-state index in [0.29, 0.717) is 23.6 Å². The van der Waals surface area contributed by atoms with Gasteiger partial charge in [-0.05, 0) is 37.7 Å². The van der Waals surface area contributed by atoms with Crippen LogP contribution in [0.15, 0.2) is 0 Å².